The van der Waals surface area contributed by atoms with Gasteiger partial charge in [-0.15, -0.1) is 0 Å². The molecule has 0 aromatic carbocycles. The van der Waals surface area contributed by atoms with E-state index in [1.54, 1.807) is 6.20 Å². The van der Waals surface area contributed by atoms with Crippen molar-refractivity contribution in [2.75, 3.05) is 13.6 Å². The second kappa shape index (κ2) is 3.92. The van der Waals surface area contributed by atoms with Crippen molar-refractivity contribution in [3.8, 4) is 0 Å². The number of likely N-dealkylation sites (N-methyl/N-ethyl adjacent to an activating group) is 1. The van der Waals surface area contributed by atoms with Gasteiger partial charge in [0.25, 0.3) is 0 Å². The lowest BCUT2D eigenvalue weighted by Gasteiger charge is -2.12. The Morgan fingerprint density at radius 3 is 2.83 bits per heavy atom. The summed E-state index contributed by atoms with van der Waals surface area (Å²) in [6.45, 7) is 4.91. The third kappa shape index (κ3) is 1.79. The molecular formula is C8H14ClN3. The van der Waals surface area contributed by atoms with Crippen LogP contribution >= 0.6 is 11.6 Å². The van der Waals surface area contributed by atoms with Gasteiger partial charge in [0.05, 0.1) is 12.2 Å². The Labute approximate surface area is 77.7 Å². The lowest BCUT2D eigenvalue weighted by molar-refractivity contribution is 0.471. The summed E-state index contributed by atoms with van der Waals surface area (Å²) in [6, 6.07) is 0.302. The summed E-state index contributed by atoms with van der Waals surface area (Å²) in [7, 11) is 1.92. The van der Waals surface area contributed by atoms with Crippen molar-refractivity contribution < 1.29 is 0 Å². The smallest absolute Gasteiger partial charge is 0.130 e. The predicted molar refractivity (Wildman–Crippen MR) is 50.6 cm³/mol. The first-order chi connectivity index (χ1) is 5.66. The van der Waals surface area contributed by atoms with Gasteiger partial charge in [-0.3, -0.25) is 0 Å². The van der Waals surface area contributed by atoms with Crippen LogP contribution in [0.1, 0.15) is 18.5 Å². The molecule has 0 aliphatic carbocycles. The zero-order valence-electron chi connectivity index (χ0n) is 7.63. The molecule has 0 amide bonds. The molecule has 4 heteroatoms. The molecule has 0 bridgehead atoms. The monoisotopic (exact) mass is 187 g/mol. The Kier molecular flexibility index (Phi) is 3.12. The number of hydrogen-bond donors (Lipinski definition) is 1. The normalized spacial score (nSPS) is 13.3. The highest BCUT2D eigenvalue weighted by Crippen LogP contribution is 2.17. The molecule has 0 saturated heterocycles. The largest absolute Gasteiger partial charge is 0.318 e. The summed E-state index contributed by atoms with van der Waals surface area (Å²) in [4.78, 5) is 0. The van der Waals surface area contributed by atoms with E-state index in [1.165, 1.54) is 0 Å². The third-order valence-corrected chi connectivity index (χ3v) is 2.29. The Morgan fingerprint density at radius 2 is 2.42 bits per heavy atom. The van der Waals surface area contributed by atoms with Crippen molar-refractivity contribution in [1.82, 2.24) is 15.1 Å². The van der Waals surface area contributed by atoms with Crippen molar-refractivity contribution in [2.24, 2.45) is 0 Å². The van der Waals surface area contributed by atoms with E-state index < -0.39 is 0 Å². The van der Waals surface area contributed by atoms with Crippen LogP contribution in [0.5, 0.6) is 0 Å². The van der Waals surface area contributed by atoms with Crippen LogP contribution in [0.25, 0.3) is 0 Å². The first-order valence-electron chi connectivity index (χ1n) is 4.01. The highest BCUT2D eigenvalue weighted by Gasteiger charge is 2.09. The Balaban J connectivity index is 2.80. The molecule has 68 valence electrons. The van der Waals surface area contributed by atoms with Crippen LogP contribution in [0.3, 0.4) is 0 Å². The summed E-state index contributed by atoms with van der Waals surface area (Å²) >= 11 is 6.01. The first kappa shape index (κ1) is 9.55. The van der Waals surface area contributed by atoms with Crippen LogP contribution in [0, 0.1) is 6.92 Å². The highest BCUT2D eigenvalue weighted by atomic mass is 35.5. The Morgan fingerprint density at radius 1 is 1.75 bits per heavy atom. The summed E-state index contributed by atoms with van der Waals surface area (Å²) < 4.78 is 1.83. The summed E-state index contributed by atoms with van der Waals surface area (Å²) in [5, 5.41) is 8.00. The number of rotatable bonds is 3. The maximum Gasteiger partial charge on any atom is 0.130 e. The molecule has 1 aromatic heterocycles. The molecule has 1 heterocycles. The molecule has 0 radical (unpaired) electrons. The van der Waals surface area contributed by atoms with Crippen LogP contribution in [0.15, 0.2) is 6.20 Å². The van der Waals surface area contributed by atoms with Gasteiger partial charge in [0.2, 0.25) is 0 Å². The fourth-order valence-electron chi connectivity index (χ4n) is 1.12. The van der Waals surface area contributed by atoms with E-state index in [9.17, 15) is 0 Å². The van der Waals surface area contributed by atoms with Gasteiger partial charge < -0.3 is 5.32 Å². The van der Waals surface area contributed by atoms with Crippen LogP contribution in [-0.2, 0) is 0 Å². The van der Waals surface area contributed by atoms with Gasteiger partial charge in [-0.05, 0) is 20.9 Å². The molecule has 1 atom stereocenters. The molecule has 1 unspecified atom stereocenters. The fraction of sp³-hybridized carbons (Fsp3) is 0.625. The summed E-state index contributed by atoms with van der Waals surface area (Å²) in [5.41, 5.74) is 1.03. The standard InChI is InChI=1S/C8H14ClN3/c1-6-4-11-12(8(6)9)7(2)5-10-3/h4,7,10H,5H2,1-3H3. The van der Waals surface area contributed by atoms with E-state index in [2.05, 4.69) is 17.3 Å². The lowest BCUT2D eigenvalue weighted by Crippen LogP contribution is -2.20. The van der Waals surface area contributed by atoms with Crippen LogP contribution in [0.2, 0.25) is 5.15 Å². The zero-order chi connectivity index (χ0) is 9.14. The zero-order valence-corrected chi connectivity index (χ0v) is 8.39. The number of nitrogens with one attached hydrogen (secondary N) is 1. The molecule has 0 aliphatic rings. The molecule has 0 saturated carbocycles. The maximum absolute atomic E-state index is 6.01. The number of hydrogen-bond acceptors (Lipinski definition) is 2. The molecule has 1 N–H and O–H groups in total. The minimum absolute atomic E-state index is 0.302. The summed E-state index contributed by atoms with van der Waals surface area (Å²) in [6.07, 6.45) is 1.79. The minimum atomic E-state index is 0.302. The average Bonchev–Trinajstić information content (AvgIpc) is 2.34. The molecule has 0 aliphatic heterocycles. The van der Waals surface area contributed by atoms with E-state index >= 15 is 0 Å². The number of aryl methyl sites for hydroxylation is 1. The molecule has 1 rings (SSSR count). The van der Waals surface area contributed by atoms with E-state index in [0.29, 0.717) is 6.04 Å². The molecule has 3 nitrogen and oxygen atoms in total. The lowest BCUT2D eigenvalue weighted by atomic mass is 10.3. The molecule has 0 fully saturated rings. The topological polar surface area (TPSA) is 29.9 Å². The van der Waals surface area contributed by atoms with Crippen molar-refractivity contribution in [3.63, 3.8) is 0 Å². The van der Waals surface area contributed by atoms with E-state index in [1.807, 2.05) is 18.7 Å². The van der Waals surface area contributed by atoms with Gasteiger partial charge in [-0.2, -0.15) is 5.10 Å². The van der Waals surface area contributed by atoms with Crippen molar-refractivity contribution in [1.29, 1.82) is 0 Å². The van der Waals surface area contributed by atoms with Gasteiger partial charge in [-0.1, -0.05) is 11.6 Å². The summed E-state index contributed by atoms with van der Waals surface area (Å²) in [5.74, 6) is 0. The van der Waals surface area contributed by atoms with Gasteiger partial charge in [0.15, 0.2) is 0 Å². The van der Waals surface area contributed by atoms with Crippen LogP contribution in [-0.4, -0.2) is 23.4 Å². The highest BCUT2D eigenvalue weighted by molar-refractivity contribution is 6.30. The molecule has 12 heavy (non-hydrogen) atoms. The molecule has 1 aromatic rings. The first-order valence-corrected chi connectivity index (χ1v) is 4.38. The van der Waals surface area contributed by atoms with Crippen molar-refractivity contribution in [2.45, 2.75) is 19.9 Å². The molecule has 0 spiro atoms. The Hall–Kier alpha value is -0.540. The number of halogens is 1. The van der Waals surface area contributed by atoms with Crippen molar-refractivity contribution >= 4 is 11.6 Å². The second-order valence-electron chi connectivity index (χ2n) is 2.97. The van der Waals surface area contributed by atoms with E-state index in [4.69, 9.17) is 11.6 Å². The SMILES string of the molecule is CNCC(C)n1ncc(C)c1Cl. The predicted octanol–water partition coefficient (Wildman–Crippen LogP) is 1.63. The van der Waals surface area contributed by atoms with Gasteiger partial charge in [0, 0.05) is 12.1 Å². The maximum atomic E-state index is 6.01. The Bertz CT molecular complexity index is 257. The average molecular weight is 188 g/mol. The van der Waals surface area contributed by atoms with Gasteiger partial charge >= 0.3 is 0 Å². The number of nitrogens with zero attached hydrogens (tertiary/aromatic N) is 2. The van der Waals surface area contributed by atoms with Crippen LogP contribution in [0.4, 0.5) is 0 Å². The molecular weight excluding hydrogens is 174 g/mol. The van der Waals surface area contributed by atoms with E-state index in [-0.39, 0.29) is 0 Å². The third-order valence-electron chi connectivity index (χ3n) is 1.82. The quantitative estimate of drug-likeness (QED) is 0.780. The van der Waals surface area contributed by atoms with Crippen LogP contribution < -0.4 is 5.32 Å². The van der Waals surface area contributed by atoms with Gasteiger partial charge in [-0.25, -0.2) is 4.68 Å². The minimum Gasteiger partial charge on any atom is -0.318 e. The van der Waals surface area contributed by atoms with Crippen molar-refractivity contribution in [3.05, 3.63) is 16.9 Å². The van der Waals surface area contributed by atoms with Gasteiger partial charge in [0.1, 0.15) is 5.15 Å². The fourth-order valence-corrected chi connectivity index (χ4v) is 1.38. The second-order valence-corrected chi connectivity index (χ2v) is 3.33. The van der Waals surface area contributed by atoms with E-state index in [0.717, 1.165) is 17.3 Å². The number of aromatic nitrogens is 2.